The summed E-state index contributed by atoms with van der Waals surface area (Å²) in [6, 6.07) is 10.3. The first-order valence-electron chi connectivity index (χ1n) is 7.79. The van der Waals surface area contributed by atoms with Crippen molar-refractivity contribution in [3.63, 3.8) is 0 Å². The van der Waals surface area contributed by atoms with E-state index in [1.54, 1.807) is 12.2 Å². The number of ether oxygens (including phenoxy) is 1. The van der Waals surface area contributed by atoms with E-state index in [9.17, 15) is 4.79 Å². The van der Waals surface area contributed by atoms with E-state index in [0.29, 0.717) is 18.1 Å². The van der Waals surface area contributed by atoms with Crippen LogP contribution in [0.15, 0.2) is 54.8 Å². The molecule has 0 spiro atoms. The molecule has 1 aliphatic carbocycles. The van der Waals surface area contributed by atoms with Crippen LogP contribution in [0.25, 0.3) is 0 Å². The van der Waals surface area contributed by atoms with E-state index in [1.807, 2.05) is 18.2 Å². The molecule has 0 saturated carbocycles. The number of aliphatic hydroxyl groups excluding tert-OH is 1. The molecule has 1 aromatic rings. The minimum Gasteiger partial charge on any atom is -0.472 e. The minimum absolute atomic E-state index is 0.0215. The molecule has 22 heavy (non-hydrogen) atoms. The zero-order valence-corrected chi connectivity index (χ0v) is 13.1. The number of hydrogen-bond acceptors (Lipinski definition) is 3. The Balaban J connectivity index is 2.15. The van der Waals surface area contributed by atoms with Crippen LogP contribution in [0.4, 0.5) is 0 Å². The minimum atomic E-state index is -0.389. The van der Waals surface area contributed by atoms with Crippen molar-refractivity contribution in [1.82, 2.24) is 0 Å². The molecule has 2 rings (SSSR count). The average Bonchev–Trinajstić information content (AvgIpc) is 2.51. The third-order valence-corrected chi connectivity index (χ3v) is 4.36. The molecule has 1 aromatic carbocycles. The fourth-order valence-electron chi connectivity index (χ4n) is 3.18. The summed E-state index contributed by atoms with van der Waals surface area (Å²) in [4.78, 5) is 12.1. The van der Waals surface area contributed by atoms with Crippen molar-refractivity contribution >= 4 is 5.78 Å². The van der Waals surface area contributed by atoms with Gasteiger partial charge in [-0.1, -0.05) is 43.3 Å². The van der Waals surface area contributed by atoms with Gasteiger partial charge in [0.1, 0.15) is 5.76 Å². The predicted molar refractivity (Wildman–Crippen MR) is 87.0 cm³/mol. The van der Waals surface area contributed by atoms with Gasteiger partial charge in [0.2, 0.25) is 0 Å². The van der Waals surface area contributed by atoms with Gasteiger partial charge in [0.05, 0.1) is 0 Å². The second kappa shape index (κ2) is 7.95. The summed E-state index contributed by atoms with van der Waals surface area (Å²) < 4.78 is 5.32. The van der Waals surface area contributed by atoms with Crippen molar-refractivity contribution < 1.29 is 14.6 Å². The fourth-order valence-corrected chi connectivity index (χ4v) is 3.18. The Kier molecular flexibility index (Phi) is 5.96. The van der Waals surface area contributed by atoms with Crippen LogP contribution < -0.4 is 0 Å². The number of aliphatic hydroxyl groups is 1. The largest absolute Gasteiger partial charge is 0.472 e. The van der Waals surface area contributed by atoms with E-state index < -0.39 is 0 Å². The highest BCUT2D eigenvalue weighted by Crippen LogP contribution is 2.36. The third kappa shape index (κ3) is 4.08. The zero-order valence-electron chi connectivity index (χ0n) is 13.1. The maximum absolute atomic E-state index is 12.1. The summed E-state index contributed by atoms with van der Waals surface area (Å²) in [6.45, 7) is 5.52. The van der Waals surface area contributed by atoms with Gasteiger partial charge in [0.15, 0.2) is 12.6 Å². The van der Waals surface area contributed by atoms with Gasteiger partial charge < -0.3 is 9.84 Å². The van der Waals surface area contributed by atoms with E-state index in [2.05, 4.69) is 25.6 Å². The van der Waals surface area contributed by atoms with E-state index >= 15 is 0 Å². The molecule has 0 bridgehead atoms. The van der Waals surface area contributed by atoms with Crippen LogP contribution in [0.3, 0.4) is 0 Å². The van der Waals surface area contributed by atoms with Crippen LogP contribution in [-0.4, -0.2) is 17.7 Å². The number of carbonyl (C=O) groups is 1. The molecule has 0 amide bonds. The first-order valence-corrected chi connectivity index (χ1v) is 7.79. The summed E-state index contributed by atoms with van der Waals surface area (Å²) in [5, 5.41) is 9.07. The Bertz CT molecular complexity index is 533. The summed E-state index contributed by atoms with van der Waals surface area (Å²) in [5.74, 6) is 1.16. The van der Waals surface area contributed by atoms with Crippen molar-refractivity contribution in [3.8, 4) is 0 Å². The van der Waals surface area contributed by atoms with Gasteiger partial charge in [-0.3, -0.25) is 4.79 Å². The normalized spacial score (nSPS) is 22.8. The van der Waals surface area contributed by atoms with E-state index in [1.165, 1.54) is 5.56 Å². The van der Waals surface area contributed by atoms with E-state index in [-0.39, 0.29) is 24.4 Å². The number of allylic oxidation sites excluding steroid dienone is 3. The number of ketones is 1. The molecular formula is C19H24O3. The van der Waals surface area contributed by atoms with Crippen LogP contribution in [-0.2, 0) is 16.0 Å². The summed E-state index contributed by atoms with van der Waals surface area (Å²) >= 11 is 0. The fraction of sp³-hybridized carbons (Fsp3) is 0.421. The molecule has 1 N–H and O–H groups in total. The second-order valence-electron chi connectivity index (χ2n) is 5.95. The van der Waals surface area contributed by atoms with Crippen LogP contribution >= 0.6 is 0 Å². The number of carbonyl (C=O) groups excluding carboxylic acids is 1. The van der Waals surface area contributed by atoms with Crippen molar-refractivity contribution in [2.24, 2.45) is 17.8 Å². The zero-order chi connectivity index (χ0) is 15.9. The second-order valence-corrected chi connectivity index (χ2v) is 5.95. The first-order chi connectivity index (χ1) is 10.7. The van der Waals surface area contributed by atoms with Crippen LogP contribution in [0.5, 0.6) is 0 Å². The van der Waals surface area contributed by atoms with Gasteiger partial charge in [-0.25, -0.2) is 0 Å². The van der Waals surface area contributed by atoms with Crippen molar-refractivity contribution in [1.29, 1.82) is 0 Å². The Morgan fingerprint density at radius 1 is 1.41 bits per heavy atom. The lowest BCUT2D eigenvalue weighted by Crippen LogP contribution is -2.29. The van der Waals surface area contributed by atoms with Crippen molar-refractivity contribution in [2.45, 2.75) is 26.2 Å². The quantitative estimate of drug-likeness (QED) is 0.619. The van der Waals surface area contributed by atoms with Gasteiger partial charge in [-0.2, -0.15) is 0 Å². The SMILES string of the molecule is C=CCC1CC([C@@H](C)Cc2ccccc2)C(OCO)=CC1=O. The number of benzene rings is 1. The lowest BCUT2D eigenvalue weighted by atomic mass is 9.75. The molecular weight excluding hydrogens is 276 g/mol. The predicted octanol–water partition coefficient (Wildman–Crippen LogP) is 3.50. The standard InChI is InChI=1S/C19H24O3/c1-3-7-16-11-17(19(22-13-20)12-18(16)21)14(2)10-15-8-5-4-6-9-15/h3-6,8-9,12,14,16-17,20H,1,7,10-11,13H2,2H3/t14-,16?,17?/m0/s1. The molecule has 3 nitrogen and oxygen atoms in total. The third-order valence-electron chi connectivity index (χ3n) is 4.36. The average molecular weight is 300 g/mol. The molecule has 3 heteroatoms. The van der Waals surface area contributed by atoms with Gasteiger partial charge in [-0.15, -0.1) is 6.58 Å². The first kappa shape index (κ1) is 16.5. The smallest absolute Gasteiger partial charge is 0.185 e. The molecule has 0 aliphatic heterocycles. The lowest BCUT2D eigenvalue weighted by Gasteiger charge is -2.32. The van der Waals surface area contributed by atoms with Crippen molar-refractivity contribution in [3.05, 3.63) is 60.4 Å². The highest BCUT2D eigenvalue weighted by atomic mass is 16.6. The maximum atomic E-state index is 12.1. The van der Waals surface area contributed by atoms with Crippen molar-refractivity contribution in [2.75, 3.05) is 6.79 Å². The van der Waals surface area contributed by atoms with Crippen LogP contribution in [0.1, 0.15) is 25.3 Å². The van der Waals surface area contributed by atoms with Crippen LogP contribution in [0.2, 0.25) is 0 Å². The Labute approximate surface area is 132 Å². The highest BCUT2D eigenvalue weighted by Gasteiger charge is 2.33. The Morgan fingerprint density at radius 2 is 2.14 bits per heavy atom. The number of rotatable bonds is 7. The molecule has 1 aliphatic rings. The molecule has 0 aromatic heterocycles. The van der Waals surface area contributed by atoms with Gasteiger partial charge in [0, 0.05) is 17.9 Å². The summed E-state index contributed by atoms with van der Waals surface area (Å²) in [5.41, 5.74) is 1.27. The Morgan fingerprint density at radius 3 is 2.77 bits per heavy atom. The van der Waals surface area contributed by atoms with Crippen LogP contribution in [0, 0.1) is 17.8 Å². The van der Waals surface area contributed by atoms with Gasteiger partial charge in [-0.05, 0) is 30.7 Å². The lowest BCUT2D eigenvalue weighted by molar-refractivity contribution is -0.120. The van der Waals surface area contributed by atoms with Gasteiger partial charge >= 0.3 is 0 Å². The maximum Gasteiger partial charge on any atom is 0.185 e. The molecule has 0 saturated heterocycles. The molecule has 2 unspecified atom stereocenters. The van der Waals surface area contributed by atoms with E-state index in [0.717, 1.165) is 12.8 Å². The highest BCUT2D eigenvalue weighted by molar-refractivity contribution is 5.93. The Hall–Kier alpha value is -1.87. The summed E-state index contributed by atoms with van der Waals surface area (Å²) in [7, 11) is 0. The molecule has 3 atom stereocenters. The molecule has 0 radical (unpaired) electrons. The number of hydrogen-bond donors (Lipinski definition) is 1. The van der Waals surface area contributed by atoms with E-state index in [4.69, 9.17) is 9.84 Å². The topological polar surface area (TPSA) is 46.5 Å². The molecule has 0 fully saturated rings. The molecule has 0 heterocycles. The monoisotopic (exact) mass is 300 g/mol. The molecule has 118 valence electrons. The van der Waals surface area contributed by atoms with Gasteiger partial charge in [0.25, 0.3) is 0 Å². The summed E-state index contributed by atoms with van der Waals surface area (Å²) in [6.07, 6.45) is 5.74.